The minimum absolute atomic E-state index is 0.240. The van der Waals surface area contributed by atoms with Crippen molar-refractivity contribution in [2.45, 2.75) is 6.04 Å². The van der Waals surface area contributed by atoms with Crippen LogP contribution in [0.4, 0.5) is 4.39 Å². The Morgan fingerprint density at radius 1 is 1.28 bits per heavy atom. The van der Waals surface area contributed by atoms with Crippen LogP contribution in [0.25, 0.3) is 0 Å². The first-order valence-electron chi connectivity index (χ1n) is 5.47. The smallest absolute Gasteiger partial charge is 0.146 e. The van der Waals surface area contributed by atoms with Crippen LogP contribution >= 0.6 is 0 Å². The van der Waals surface area contributed by atoms with Gasteiger partial charge in [-0.1, -0.05) is 18.2 Å². The van der Waals surface area contributed by atoms with E-state index in [1.807, 2.05) is 18.2 Å². The summed E-state index contributed by atoms with van der Waals surface area (Å²) in [5.41, 5.74) is 3.54. The standard InChI is InChI=1S/C13H14FN3O/c1-18-11-7-3-2-5-9(11)12(17-15)13-10(14)6-4-8-16-13/h2-8,12,17H,15H2,1H3. The summed E-state index contributed by atoms with van der Waals surface area (Å²) in [5.74, 6) is 5.74. The van der Waals surface area contributed by atoms with E-state index in [-0.39, 0.29) is 5.69 Å². The number of ether oxygens (including phenoxy) is 1. The summed E-state index contributed by atoms with van der Waals surface area (Å²) in [6.45, 7) is 0. The van der Waals surface area contributed by atoms with Crippen molar-refractivity contribution in [2.75, 3.05) is 7.11 Å². The lowest BCUT2D eigenvalue weighted by Gasteiger charge is -2.18. The number of methoxy groups -OCH3 is 1. The molecular formula is C13H14FN3O. The third kappa shape index (κ3) is 2.32. The number of hydrogen-bond donors (Lipinski definition) is 2. The van der Waals surface area contributed by atoms with Crippen LogP contribution in [0.3, 0.4) is 0 Å². The topological polar surface area (TPSA) is 60.2 Å². The van der Waals surface area contributed by atoms with E-state index >= 15 is 0 Å². The van der Waals surface area contributed by atoms with E-state index in [2.05, 4.69) is 10.4 Å². The van der Waals surface area contributed by atoms with Crippen LogP contribution in [-0.2, 0) is 0 Å². The lowest BCUT2D eigenvalue weighted by Crippen LogP contribution is -2.30. The Morgan fingerprint density at radius 3 is 2.72 bits per heavy atom. The van der Waals surface area contributed by atoms with Crippen LogP contribution in [0.15, 0.2) is 42.6 Å². The largest absolute Gasteiger partial charge is 0.496 e. The van der Waals surface area contributed by atoms with Gasteiger partial charge in [-0.15, -0.1) is 0 Å². The van der Waals surface area contributed by atoms with Crippen LogP contribution in [0.5, 0.6) is 5.75 Å². The Morgan fingerprint density at radius 2 is 2.06 bits per heavy atom. The summed E-state index contributed by atoms with van der Waals surface area (Å²) in [6.07, 6.45) is 1.53. The molecule has 0 aliphatic rings. The maximum atomic E-state index is 13.7. The molecule has 0 radical (unpaired) electrons. The zero-order chi connectivity index (χ0) is 13.0. The van der Waals surface area contributed by atoms with Crippen molar-refractivity contribution >= 4 is 0 Å². The molecule has 0 bridgehead atoms. The number of para-hydroxylation sites is 1. The van der Waals surface area contributed by atoms with E-state index in [0.29, 0.717) is 5.75 Å². The molecule has 94 valence electrons. The van der Waals surface area contributed by atoms with Gasteiger partial charge in [0.2, 0.25) is 0 Å². The Balaban J connectivity index is 2.49. The van der Waals surface area contributed by atoms with E-state index in [9.17, 15) is 4.39 Å². The molecule has 0 spiro atoms. The molecule has 1 atom stereocenters. The van der Waals surface area contributed by atoms with Gasteiger partial charge in [-0.05, 0) is 18.2 Å². The molecule has 18 heavy (non-hydrogen) atoms. The van der Waals surface area contributed by atoms with Gasteiger partial charge in [0, 0.05) is 11.8 Å². The zero-order valence-electron chi connectivity index (χ0n) is 9.93. The fourth-order valence-electron chi connectivity index (χ4n) is 1.83. The third-order valence-electron chi connectivity index (χ3n) is 2.68. The summed E-state index contributed by atoms with van der Waals surface area (Å²) < 4.78 is 19.0. The van der Waals surface area contributed by atoms with Crippen molar-refractivity contribution in [3.8, 4) is 5.75 Å². The van der Waals surface area contributed by atoms with Crippen molar-refractivity contribution in [3.05, 3.63) is 59.7 Å². The van der Waals surface area contributed by atoms with Gasteiger partial charge in [-0.2, -0.15) is 0 Å². The molecule has 0 saturated carbocycles. The maximum absolute atomic E-state index is 13.7. The number of nitrogens with two attached hydrogens (primary N) is 1. The molecule has 0 fully saturated rings. The number of hydrogen-bond acceptors (Lipinski definition) is 4. The van der Waals surface area contributed by atoms with E-state index in [1.54, 1.807) is 13.2 Å². The molecule has 0 amide bonds. The van der Waals surface area contributed by atoms with Crippen LogP contribution in [0.2, 0.25) is 0 Å². The number of halogens is 1. The van der Waals surface area contributed by atoms with Crippen LogP contribution < -0.4 is 16.0 Å². The summed E-state index contributed by atoms with van der Waals surface area (Å²) in [7, 11) is 1.56. The van der Waals surface area contributed by atoms with E-state index < -0.39 is 11.9 Å². The summed E-state index contributed by atoms with van der Waals surface area (Å²) in [6, 6.07) is 9.62. The summed E-state index contributed by atoms with van der Waals surface area (Å²) >= 11 is 0. The second-order valence-electron chi connectivity index (χ2n) is 3.71. The van der Waals surface area contributed by atoms with Gasteiger partial charge in [0.15, 0.2) is 0 Å². The highest BCUT2D eigenvalue weighted by Gasteiger charge is 2.20. The molecule has 0 saturated heterocycles. The number of nitrogens with one attached hydrogen (secondary N) is 1. The van der Waals surface area contributed by atoms with Gasteiger partial charge in [0.1, 0.15) is 11.6 Å². The number of rotatable bonds is 4. The Kier molecular flexibility index (Phi) is 3.86. The predicted molar refractivity (Wildman–Crippen MR) is 66.4 cm³/mol. The van der Waals surface area contributed by atoms with Crippen molar-refractivity contribution in [3.63, 3.8) is 0 Å². The van der Waals surface area contributed by atoms with Gasteiger partial charge in [0.05, 0.1) is 18.8 Å². The number of benzene rings is 1. The molecule has 2 aromatic rings. The third-order valence-corrected chi connectivity index (χ3v) is 2.68. The number of pyridine rings is 1. The molecule has 0 aliphatic carbocycles. The number of nitrogens with zero attached hydrogens (tertiary/aromatic N) is 1. The first-order valence-corrected chi connectivity index (χ1v) is 5.47. The molecule has 4 nitrogen and oxygen atoms in total. The highest BCUT2D eigenvalue weighted by Crippen LogP contribution is 2.29. The first kappa shape index (κ1) is 12.5. The SMILES string of the molecule is COc1ccccc1C(NN)c1ncccc1F. The second-order valence-corrected chi connectivity index (χ2v) is 3.71. The lowest BCUT2D eigenvalue weighted by atomic mass is 10.0. The molecule has 1 unspecified atom stereocenters. The average molecular weight is 247 g/mol. The molecule has 3 N–H and O–H groups in total. The molecule has 1 aromatic heterocycles. The lowest BCUT2D eigenvalue weighted by molar-refractivity contribution is 0.402. The Bertz CT molecular complexity index is 533. The van der Waals surface area contributed by atoms with Gasteiger partial charge < -0.3 is 4.74 Å². The van der Waals surface area contributed by atoms with Crippen molar-refractivity contribution in [1.29, 1.82) is 0 Å². The highest BCUT2D eigenvalue weighted by atomic mass is 19.1. The Hall–Kier alpha value is -1.98. The van der Waals surface area contributed by atoms with Gasteiger partial charge in [0.25, 0.3) is 0 Å². The normalized spacial score (nSPS) is 12.2. The monoisotopic (exact) mass is 247 g/mol. The van der Waals surface area contributed by atoms with Gasteiger partial charge in [-0.25, -0.2) is 9.82 Å². The quantitative estimate of drug-likeness (QED) is 0.638. The number of aromatic nitrogens is 1. The minimum atomic E-state index is -0.553. The van der Waals surface area contributed by atoms with Gasteiger partial charge in [-0.3, -0.25) is 10.8 Å². The second kappa shape index (κ2) is 5.57. The number of hydrazine groups is 1. The summed E-state index contributed by atoms with van der Waals surface area (Å²) in [4.78, 5) is 4.03. The first-order chi connectivity index (χ1) is 8.77. The fourth-order valence-corrected chi connectivity index (χ4v) is 1.83. The van der Waals surface area contributed by atoms with E-state index in [0.717, 1.165) is 5.56 Å². The van der Waals surface area contributed by atoms with Crippen molar-refractivity contribution < 1.29 is 9.13 Å². The van der Waals surface area contributed by atoms with Crippen LogP contribution in [0.1, 0.15) is 17.3 Å². The fraction of sp³-hybridized carbons (Fsp3) is 0.154. The maximum Gasteiger partial charge on any atom is 0.146 e. The Labute approximate surface area is 105 Å². The van der Waals surface area contributed by atoms with Gasteiger partial charge >= 0.3 is 0 Å². The molecule has 2 rings (SSSR count). The van der Waals surface area contributed by atoms with Crippen molar-refractivity contribution in [2.24, 2.45) is 5.84 Å². The van der Waals surface area contributed by atoms with Crippen LogP contribution in [0, 0.1) is 5.82 Å². The van der Waals surface area contributed by atoms with E-state index in [1.165, 1.54) is 18.3 Å². The molecule has 5 heteroatoms. The minimum Gasteiger partial charge on any atom is -0.496 e. The zero-order valence-corrected chi connectivity index (χ0v) is 9.93. The average Bonchev–Trinajstić information content (AvgIpc) is 2.42. The molecule has 0 aliphatic heterocycles. The summed E-state index contributed by atoms with van der Waals surface area (Å²) in [5, 5.41) is 0. The highest BCUT2D eigenvalue weighted by molar-refractivity contribution is 5.40. The molecule has 1 aromatic carbocycles. The van der Waals surface area contributed by atoms with Crippen LogP contribution in [-0.4, -0.2) is 12.1 Å². The predicted octanol–water partition coefficient (Wildman–Crippen LogP) is 1.78. The molecular weight excluding hydrogens is 233 g/mol. The van der Waals surface area contributed by atoms with E-state index in [4.69, 9.17) is 10.6 Å². The van der Waals surface area contributed by atoms with Crippen molar-refractivity contribution in [1.82, 2.24) is 10.4 Å². The molecule has 1 heterocycles.